The van der Waals surface area contributed by atoms with Gasteiger partial charge in [0, 0.05) is 16.8 Å². The smallest absolute Gasteiger partial charge is 0.321 e. The summed E-state index contributed by atoms with van der Waals surface area (Å²) in [6.45, 7) is 0. The first-order valence-corrected chi connectivity index (χ1v) is 10.4. The number of carbonyl (C=O) groups is 4. The Balaban J connectivity index is 1.58. The zero-order valence-corrected chi connectivity index (χ0v) is 17.5. The molecule has 7 nitrogen and oxygen atoms in total. The summed E-state index contributed by atoms with van der Waals surface area (Å²) in [7, 11) is 0. The number of hydrogen-bond donors (Lipinski definition) is 3. The van der Waals surface area contributed by atoms with Crippen molar-refractivity contribution in [1.82, 2.24) is 0 Å². The fraction of sp³-hybridized carbons (Fsp3) is 0.154. The molecule has 0 saturated carbocycles. The zero-order chi connectivity index (χ0) is 23.6. The number of carboxylic acids is 2. The summed E-state index contributed by atoms with van der Waals surface area (Å²) in [6, 6.07) is 22.0. The highest BCUT2D eigenvalue weighted by Crippen LogP contribution is 2.43. The summed E-state index contributed by atoms with van der Waals surface area (Å²) >= 11 is 0. The van der Waals surface area contributed by atoms with E-state index in [1.165, 1.54) is 0 Å². The molecule has 0 fully saturated rings. The summed E-state index contributed by atoms with van der Waals surface area (Å²) in [5.74, 6) is -4.54. The van der Waals surface area contributed by atoms with E-state index in [-0.39, 0.29) is 18.6 Å². The number of rotatable bonds is 6. The van der Waals surface area contributed by atoms with Crippen molar-refractivity contribution in [2.24, 2.45) is 5.41 Å². The van der Waals surface area contributed by atoms with Gasteiger partial charge in [0.15, 0.2) is 11.2 Å². The molecule has 0 saturated heterocycles. The van der Waals surface area contributed by atoms with Crippen LogP contribution in [0.2, 0.25) is 0 Å². The van der Waals surface area contributed by atoms with Crippen LogP contribution in [0.1, 0.15) is 39.4 Å². The maximum absolute atomic E-state index is 13.1. The highest BCUT2D eigenvalue weighted by atomic mass is 16.4. The molecule has 3 aromatic carbocycles. The number of aliphatic carboxylic acids is 2. The topological polar surface area (TPSA) is 121 Å². The van der Waals surface area contributed by atoms with E-state index in [4.69, 9.17) is 0 Å². The highest BCUT2D eigenvalue weighted by Gasteiger charge is 2.52. The Morgan fingerprint density at radius 3 is 1.97 bits per heavy atom. The molecule has 0 bridgehead atoms. The molecular formula is C26H21NO6. The van der Waals surface area contributed by atoms with Gasteiger partial charge in [0.05, 0.1) is 5.92 Å². The van der Waals surface area contributed by atoms with Crippen LogP contribution in [-0.4, -0.2) is 33.8 Å². The van der Waals surface area contributed by atoms with Crippen LogP contribution in [0.5, 0.6) is 0 Å². The number of carboxylic acid groups (broad SMARTS) is 2. The van der Waals surface area contributed by atoms with Gasteiger partial charge in [0.25, 0.3) is 0 Å². The van der Waals surface area contributed by atoms with Crippen LogP contribution in [0.3, 0.4) is 0 Å². The van der Waals surface area contributed by atoms with E-state index in [9.17, 15) is 29.4 Å². The molecule has 7 heteroatoms. The molecule has 1 aliphatic rings. The average Bonchev–Trinajstić information content (AvgIpc) is 2.83. The normalized spacial score (nSPS) is 16.3. The molecule has 1 unspecified atom stereocenters. The third-order valence-corrected chi connectivity index (χ3v) is 6.06. The van der Waals surface area contributed by atoms with E-state index in [2.05, 4.69) is 5.32 Å². The van der Waals surface area contributed by atoms with Crippen molar-refractivity contribution in [3.05, 3.63) is 101 Å². The first kappa shape index (κ1) is 22.0. The summed E-state index contributed by atoms with van der Waals surface area (Å²) in [4.78, 5) is 49.6. The van der Waals surface area contributed by atoms with Gasteiger partial charge in [0.2, 0.25) is 5.91 Å². The van der Waals surface area contributed by atoms with Crippen LogP contribution < -0.4 is 5.32 Å². The van der Waals surface area contributed by atoms with Gasteiger partial charge >= 0.3 is 11.9 Å². The Bertz CT molecular complexity index is 1220. The van der Waals surface area contributed by atoms with Crippen LogP contribution in [0.15, 0.2) is 78.9 Å². The van der Waals surface area contributed by atoms with E-state index in [0.717, 1.165) is 0 Å². The number of ketones is 1. The molecule has 1 atom stereocenters. The monoisotopic (exact) mass is 443 g/mol. The van der Waals surface area contributed by atoms with E-state index in [0.29, 0.717) is 27.9 Å². The van der Waals surface area contributed by atoms with Crippen molar-refractivity contribution in [3.63, 3.8) is 0 Å². The molecule has 0 spiro atoms. The Morgan fingerprint density at radius 2 is 1.33 bits per heavy atom. The summed E-state index contributed by atoms with van der Waals surface area (Å²) in [6.07, 6.45) is -0.543. The Morgan fingerprint density at radius 1 is 0.758 bits per heavy atom. The predicted octanol–water partition coefficient (Wildman–Crippen LogP) is 3.74. The Hall–Kier alpha value is -4.26. The lowest BCUT2D eigenvalue weighted by atomic mass is 9.66. The van der Waals surface area contributed by atoms with Crippen molar-refractivity contribution < 1.29 is 29.4 Å². The minimum atomic E-state index is -2.08. The van der Waals surface area contributed by atoms with Gasteiger partial charge in [0.1, 0.15) is 0 Å². The molecule has 0 aromatic heterocycles. The van der Waals surface area contributed by atoms with Gasteiger partial charge in [-0.15, -0.1) is 0 Å². The van der Waals surface area contributed by atoms with Crippen LogP contribution in [0.4, 0.5) is 5.69 Å². The lowest BCUT2D eigenvalue weighted by molar-refractivity contribution is -0.166. The molecule has 3 N–H and O–H groups in total. The molecule has 0 heterocycles. The first-order chi connectivity index (χ1) is 15.8. The summed E-state index contributed by atoms with van der Waals surface area (Å²) < 4.78 is 0. The van der Waals surface area contributed by atoms with Gasteiger partial charge in [-0.1, -0.05) is 54.6 Å². The van der Waals surface area contributed by atoms with Gasteiger partial charge in [-0.3, -0.25) is 19.2 Å². The Kier molecular flexibility index (Phi) is 5.79. The van der Waals surface area contributed by atoms with E-state index in [1.54, 1.807) is 72.8 Å². The minimum absolute atomic E-state index is 0.151. The molecule has 1 aliphatic carbocycles. The first-order valence-electron chi connectivity index (χ1n) is 10.4. The zero-order valence-electron chi connectivity index (χ0n) is 17.5. The second kappa shape index (κ2) is 8.70. The fourth-order valence-electron chi connectivity index (χ4n) is 4.23. The second-order valence-electron chi connectivity index (χ2n) is 8.09. The van der Waals surface area contributed by atoms with Gasteiger partial charge in [-0.2, -0.15) is 0 Å². The lowest BCUT2D eigenvalue weighted by Gasteiger charge is -2.35. The van der Waals surface area contributed by atoms with Crippen LogP contribution in [0, 0.1) is 5.41 Å². The average molecular weight is 443 g/mol. The third-order valence-electron chi connectivity index (χ3n) is 6.06. The van der Waals surface area contributed by atoms with E-state index < -0.39 is 29.2 Å². The number of hydrogen-bond acceptors (Lipinski definition) is 4. The number of nitrogens with one attached hydrogen (secondary N) is 1. The largest absolute Gasteiger partial charge is 0.480 e. The van der Waals surface area contributed by atoms with E-state index in [1.807, 2.05) is 6.07 Å². The van der Waals surface area contributed by atoms with Crippen LogP contribution in [-0.2, 0) is 20.8 Å². The maximum Gasteiger partial charge on any atom is 0.321 e. The van der Waals surface area contributed by atoms with Crippen LogP contribution in [0.25, 0.3) is 0 Å². The van der Waals surface area contributed by atoms with Gasteiger partial charge in [-0.25, -0.2) is 0 Å². The molecule has 0 radical (unpaired) electrons. The van der Waals surface area contributed by atoms with Gasteiger partial charge < -0.3 is 15.5 Å². The number of amides is 1. The maximum atomic E-state index is 13.1. The number of fused-ring (bicyclic) bond motifs is 1. The minimum Gasteiger partial charge on any atom is -0.480 e. The molecule has 166 valence electrons. The molecule has 0 aliphatic heterocycles. The standard InChI is InChI=1S/C26H21NO6/c28-22(16-6-2-1-3-7-16)17-10-12-19(13-11-17)27-23(29)21-15-26(24(30)31,25(32)33)14-18-8-4-5-9-20(18)21/h1-13,21H,14-15H2,(H,27,29)(H,30,31)(H,32,33). The lowest BCUT2D eigenvalue weighted by Crippen LogP contribution is -2.47. The summed E-state index contributed by atoms with van der Waals surface area (Å²) in [5, 5.41) is 22.2. The number of anilines is 1. The number of benzene rings is 3. The SMILES string of the molecule is O=C(c1ccccc1)c1ccc(NC(=O)C2CC(C(=O)O)(C(=O)O)Cc3ccccc32)cc1. The molecule has 33 heavy (non-hydrogen) atoms. The molecular weight excluding hydrogens is 422 g/mol. The second-order valence-corrected chi connectivity index (χ2v) is 8.09. The highest BCUT2D eigenvalue weighted by molar-refractivity contribution is 6.09. The van der Waals surface area contributed by atoms with Crippen molar-refractivity contribution in [3.8, 4) is 0 Å². The number of carbonyl (C=O) groups excluding carboxylic acids is 2. The van der Waals surface area contributed by atoms with E-state index >= 15 is 0 Å². The van der Waals surface area contributed by atoms with Crippen molar-refractivity contribution in [2.45, 2.75) is 18.8 Å². The van der Waals surface area contributed by atoms with Crippen molar-refractivity contribution in [2.75, 3.05) is 5.32 Å². The molecule has 4 rings (SSSR count). The quantitative estimate of drug-likeness (QED) is 0.394. The third kappa shape index (κ3) is 4.13. The summed E-state index contributed by atoms with van der Waals surface area (Å²) in [5.41, 5.74) is 0.484. The molecule has 3 aromatic rings. The van der Waals surface area contributed by atoms with Crippen molar-refractivity contribution >= 4 is 29.3 Å². The fourth-order valence-corrected chi connectivity index (χ4v) is 4.23. The van der Waals surface area contributed by atoms with Crippen molar-refractivity contribution in [1.29, 1.82) is 0 Å². The molecule has 1 amide bonds. The van der Waals surface area contributed by atoms with Crippen LogP contribution >= 0.6 is 0 Å². The predicted molar refractivity (Wildman–Crippen MR) is 120 cm³/mol. The van der Waals surface area contributed by atoms with Gasteiger partial charge in [-0.05, 0) is 48.2 Å². The Labute approximate surface area is 189 Å².